The van der Waals surface area contributed by atoms with Crippen molar-refractivity contribution in [3.8, 4) is 11.3 Å². The van der Waals surface area contributed by atoms with Gasteiger partial charge in [0.05, 0.1) is 11.3 Å². The van der Waals surface area contributed by atoms with E-state index in [-0.39, 0.29) is 5.56 Å². The number of benzene rings is 2. The fraction of sp³-hybridized carbons (Fsp3) is 0.0556. The van der Waals surface area contributed by atoms with Gasteiger partial charge in [-0.05, 0) is 36.8 Å². The summed E-state index contributed by atoms with van der Waals surface area (Å²) in [4.78, 5) is 19.4. The molecule has 5 heteroatoms. The molecule has 0 bridgehead atoms. The Labute approximate surface area is 133 Å². The molecule has 2 N–H and O–H groups in total. The van der Waals surface area contributed by atoms with Gasteiger partial charge in [0.1, 0.15) is 12.1 Å². The van der Waals surface area contributed by atoms with Crippen molar-refractivity contribution in [2.24, 2.45) is 0 Å². The van der Waals surface area contributed by atoms with E-state index in [1.54, 1.807) is 24.3 Å². The molecule has 1 heterocycles. The lowest BCUT2D eigenvalue weighted by Gasteiger charge is -2.09. The van der Waals surface area contributed by atoms with Crippen LogP contribution in [0.4, 0.5) is 11.5 Å². The van der Waals surface area contributed by atoms with E-state index in [9.17, 15) is 4.79 Å². The maximum Gasteiger partial charge on any atom is 0.335 e. The minimum Gasteiger partial charge on any atom is -0.478 e. The summed E-state index contributed by atoms with van der Waals surface area (Å²) in [5.41, 5.74) is 4.05. The second kappa shape index (κ2) is 6.27. The first-order valence-corrected chi connectivity index (χ1v) is 7.12. The van der Waals surface area contributed by atoms with Gasteiger partial charge in [-0.1, -0.05) is 24.3 Å². The van der Waals surface area contributed by atoms with Gasteiger partial charge in [-0.2, -0.15) is 0 Å². The lowest BCUT2D eigenvalue weighted by molar-refractivity contribution is 0.0697. The molecule has 0 unspecified atom stereocenters. The first-order valence-electron chi connectivity index (χ1n) is 7.12. The minimum atomic E-state index is -0.944. The molecule has 5 nitrogen and oxygen atoms in total. The van der Waals surface area contributed by atoms with Gasteiger partial charge in [0.2, 0.25) is 0 Å². The molecule has 3 rings (SSSR count). The molecular weight excluding hydrogens is 290 g/mol. The molecule has 0 atom stereocenters. The van der Waals surface area contributed by atoms with Crippen molar-refractivity contribution >= 4 is 17.5 Å². The summed E-state index contributed by atoms with van der Waals surface area (Å²) in [6, 6.07) is 16.4. The van der Waals surface area contributed by atoms with Crippen molar-refractivity contribution in [1.82, 2.24) is 9.97 Å². The number of hydrogen-bond donors (Lipinski definition) is 2. The summed E-state index contributed by atoms with van der Waals surface area (Å²) in [5, 5.41) is 12.1. The van der Waals surface area contributed by atoms with Gasteiger partial charge in [-0.15, -0.1) is 0 Å². The highest BCUT2D eigenvalue weighted by Gasteiger charge is 2.06. The van der Waals surface area contributed by atoms with Crippen LogP contribution >= 0.6 is 0 Å². The van der Waals surface area contributed by atoms with Crippen LogP contribution in [0.3, 0.4) is 0 Å². The number of carbonyl (C=O) groups is 1. The number of nitrogens with one attached hydrogen (secondary N) is 1. The Bertz CT molecular complexity index is 845. The molecule has 0 fully saturated rings. The third kappa shape index (κ3) is 3.35. The Kier molecular flexibility index (Phi) is 4.01. The van der Waals surface area contributed by atoms with Crippen LogP contribution in [0, 0.1) is 6.92 Å². The van der Waals surface area contributed by atoms with Gasteiger partial charge in [0, 0.05) is 17.3 Å². The van der Waals surface area contributed by atoms with E-state index < -0.39 is 5.97 Å². The number of hydrogen-bond acceptors (Lipinski definition) is 4. The van der Waals surface area contributed by atoms with Gasteiger partial charge in [-0.3, -0.25) is 0 Å². The fourth-order valence-electron chi connectivity index (χ4n) is 2.28. The molecule has 3 aromatic rings. The number of aromatic nitrogens is 2. The highest BCUT2D eigenvalue weighted by Crippen LogP contribution is 2.23. The van der Waals surface area contributed by atoms with Crippen LogP contribution in [0.25, 0.3) is 11.3 Å². The molecule has 0 radical (unpaired) electrons. The van der Waals surface area contributed by atoms with E-state index >= 15 is 0 Å². The lowest BCUT2D eigenvalue weighted by Crippen LogP contribution is -1.98. The maximum atomic E-state index is 10.9. The predicted octanol–water partition coefficient (Wildman–Crippen LogP) is 3.89. The third-order valence-corrected chi connectivity index (χ3v) is 3.49. The largest absolute Gasteiger partial charge is 0.478 e. The van der Waals surface area contributed by atoms with E-state index in [4.69, 9.17) is 5.11 Å². The first kappa shape index (κ1) is 14.7. The fourth-order valence-corrected chi connectivity index (χ4v) is 2.28. The molecule has 0 aliphatic carbocycles. The SMILES string of the molecule is Cc1ccccc1-c1cc(Nc2ccc(C(=O)O)cc2)ncn1. The maximum absolute atomic E-state index is 10.9. The van der Waals surface area contributed by atoms with Crippen LogP contribution < -0.4 is 5.32 Å². The monoisotopic (exact) mass is 305 g/mol. The summed E-state index contributed by atoms with van der Waals surface area (Å²) >= 11 is 0. The summed E-state index contributed by atoms with van der Waals surface area (Å²) in [6.45, 7) is 2.04. The average Bonchev–Trinajstić information content (AvgIpc) is 2.56. The molecule has 0 aliphatic heterocycles. The first-order chi connectivity index (χ1) is 11.1. The topological polar surface area (TPSA) is 75.1 Å². The number of carboxylic acid groups (broad SMARTS) is 1. The third-order valence-electron chi connectivity index (χ3n) is 3.49. The van der Waals surface area contributed by atoms with Crippen LogP contribution in [-0.2, 0) is 0 Å². The summed E-state index contributed by atoms with van der Waals surface area (Å²) < 4.78 is 0. The second-order valence-electron chi connectivity index (χ2n) is 5.11. The quantitative estimate of drug-likeness (QED) is 0.764. The molecule has 23 heavy (non-hydrogen) atoms. The number of rotatable bonds is 4. The number of aryl methyl sites for hydroxylation is 1. The van der Waals surface area contributed by atoms with Crippen LogP contribution in [-0.4, -0.2) is 21.0 Å². The Morgan fingerprint density at radius 1 is 1.04 bits per heavy atom. The molecule has 0 saturated heterocycles. The lowest BCUT2D eigenvalue weighted by atomic mass is 10.1. The molecule has 2 aromatic carbocycles. The zero-order valence-electron chi connectivity index (χ0n) is 12.5. The normalized spacial score (nSPS) is 10.3. The summed E-state index contributed by atoms with van der Waals surface area (Å²) in [5.74, 6) is -0.290. The van der Waals surface area contributed by atoms with E-state index in [0.717, 1.165) is 22.5 Å². The van der Waals surface area contributed by atoms with E-state index in [0.29, 0.717) is 5.82 Å². The van der Waals surface area contributed by atoms with Crippen LogP contribution in [0.5, 0.6) is 0 Å². The number of carboxylic acids is 1. The molecule has 0 saturated carbocycles. The van der Waals surface area contributed by atoms with Gasteiger partial charge in [0.15, 0.2) is 0 Å². The van der Waals surface area contributed by atoms with Crippen molar-refractivity contribution < 1.29 is 9.90 Å². The minimum absolute atomic E-state index is 0.249. The number of nitrogens with zero attached hydrogens (tertiary/aromatic N) is 2. The highest BCUT2D eigenvalue weighted by molar-refractivity contribution is 5.88. The van der Waals surface area contributed by atoms with Crippen LogP contribution in [0.2, 0.25) is 0 Å². The molecule has 0 amide bonds. The average molecular weight is 305 g/mol. The smallest absolute Gasteiger partial charge is 0.335 e. The van der Waals surface area contributed by atoms with Crippen molar-refractivity contribution in [2.45, 2.75) is 6.92 Å². The zero-order valence-corrected chi connectivity index (χ0v) is 12.5. The van der Waals surface area contributed by atoms with Crippen molar-refractivity contribution in [3.05, 3.63) is 72.1 Å². The molecule has 0 aliphatic rings. The van der Waals surface area contributed by atoms with E-state index in [1.807, 2.05) is 37.3 Å². The zero-order chi connectivity index (χ0) is 16.2. The van der Waals surface area contributed by atoms with Gasteiger partial charge in [0.25, 0.3) is 0 Å². The Hall–Kier alpha value is -3.21. The molecule has 1 aromatic heterocycles. The summed E-state index contributed by atoms with van der Waals surface area (Å²) in [6.07, 6.45) is 1.51. The molecular formula is C18H15N3O2. The molecule has 0 spiro atoms. The van der Waals surface area contributed by atoms with Crippen LogP contribution in [0.15, 0.2) is 60.9 Å². The molecule has 114 valence electrons. The summed E-state index contributed by atoms with van der Waals surface area (Å²) in [7, 11) is 0. The Morgan fingerprint density at radius 2 is 1.78 bits per heavy atom. The highest BCUT2D eigenvalue weighted by atomic mass is 16.4. The van der Waals surface area contributed by atoms with Gasteiger partial charge < -0.3 is 10.4 Å². The predicted molar refractivity (Wildman–Crippen MR) is 88.9 cm³/mol. The van der Waals surface area contributed by atoms with E-state index in [2.05, 4.69) is 15.3 Å². The van der Waals surface area contributed by atoms with Crippen molar-refractivity contribution in [1.29, 1.82) is 0 Å². The van der Waals surface area contributed by atoms with Crippen molar-refractivity contribution in [3.63, 3.8) is 0 Å². The van der Waals surface area contributed by atoms with Gasteiger partial charge in [-0.25, -0.2) is 14.8 Å². The van der Waals surface area contributed by atoms with E-state index in [1.165, 1.54) is 6.33 Å². The second-order valence-corrected chi connectivity index (χ2v) is 5.11. The number of aromatic carboxylic acids is 1. The Morgan fingerprint density at radius 3 is 2.48 bits per heavy atom. The van der Waals surface area contributed by atoms with Crippen LogP contribution in [0.1, 0.15) is 15.9 Å². The Balaban J connectivity index is 1.86. The van der Waals surface area contributed by atoms with Gasteiger partial charge >= 0.3 is 5.97 Å². The number of anilines is 2. The van der Waals surface area contributed by atoms with Crippen molar-refractivity contribution in [2.75, 3.05) is 5.32 Å². The standard InChI is InChI=1S/C18H15N3O2/c1-12-4-2-3-5-15(12)16-10-17(20-11-19-16)21-14-8-6-13(7-9-14)18(22)23/h2-11H,1H3,(H,22,23)(H,19,20,21).